The standard InChI is InChI=1S/C5H10N2O.CH4/c6-5(8)4-2-1-3-7-4;/h4,7H,1-3H2,(H2,6,8);1H4/t4-;/m1./s1. The first-order chi connectivity index (χ1) is 3.80. The van der Waals surface area contributed by atoms with Gasteiger partial charge in [0.15, 0.2) is 0 Å². The Morgan fingerprint density at radius 1 is 1.67 bits per heavy atom. The van der Waals surface area contributed by atoms with Crippen molar-refractivity contribution in [2.45, 2.75) is 26.3 Å². The maximum atomic E-state index is 10.4. The molecule has 1 rings (SSSR count). The first-order valence-electron chi connectivity index (χ1n) is 2.83. The van der Waals surface area contributed by atoms with Gasteiger partial charge in [0.1, 0.15) is 0 Å². The number of amides is 1. The first kappa shape index (κ1) is 8.43. The molecule has 1 heterocycles. The van der Waals surface area contributed by atoms with Gasteiger partial charge in [-0.25, -0.2) is 0 Å². The van der Waals surface area contributed by atoms with Crippen molar-refractivity contribution in [3.8, 4) is 0 Å². The summed E-state index contributed by atoms with van der Waals surface area (Å²) >= 11 is 0. The second-order valence-electron chi connectivity index (χ2n) is 2.05. The average Bonchev–Trinajstić information content (AvgIpc) is 2.12. The molecule has 1 atom stereocenters. The van der Waals surface area contributed by atoms with E-state index in [9.17, 15) is 4.79 Å². The van der Waals surface area contributed by atoms with Crippen LogP contribution in [-0.2, 0) is 4.79 Å². The van der Waals surface area contributed by atoms with Gasteiger partial charge in [-0.15, -0.1) is 0 Å². The monoisotopic (exact) mass is 130 g/mol. The van der Waals surface area contributed by atoms with E-state index in [-0.39, 0.29) is 19.4 Å². The van der Waals surface area contributed by atoms with E-state index in [2.05, 4.69) is 5.32 Å². The highest BCUT2D eigenvalue weighted by molar-refractivity contribution is 5.80. The highest BCUT2D eigenvalue weighted by Gasteiger charge is 2.18. The molecular formula is C6H14N2O. The molecule has 0 aliphatic carbocycles. The molecule has 0 radical (unpaired) electrons. The Morgan fingerprint density at radius 3 is 2.56 bits per heavy atom. The van der Waals surface area contributed by atoms with Crippen molar-refractivity contribution in [2.75, 3.05) is 6.54 Å². The predicted molar refractivity (Wildman–Crippen MR) is 37.0 cm³/mol. The molecule has 3 heteroatoms. The quantitative estimate of drug-likeness (QED) is 0.519. The van der Waals surface area contributed by atoms with Gasteiger partial charge in [-0.3, -0.25) is 4.79 Å². The lowest BCUT2D eigenvalue weighted by molar-refractivity contribution is -0.119. The summed E-state index contributed by atoms with van der Waals surface area (Å²) in [7, 11) is 0. The minimum atomic E-state index is -0.220. The highest BCUT2D eigenvalue weighted by atomic mass is 16.1. The molecule has 1 saturated heterocycles. The van der Waals surface area contributed by atoms with E-state index in [4.69, 9.17) is 5.73 Å². The molecule has 0 aromatic heterocycles. The summed E-state index contributed by atoms with van der Waals surface area (Å²) in [6.45, 7) is 0.938. The van der Waals surface area contributed by atoms with E-state index in [1.54, 1.807) is 0 Å². The summed E-state index contributed by atoms with van der Waals surface area (Å²) in [5.41, 5.74) is 5.00. The van der Waals surface area contributed by atoms with Crippen LogP contribution in [0.15, 0.2) is 0 Å². The van der Waals surface area contributed by atoms with Crippen molar-refractivity contribution in [3.63, 3.8) is 0 Å². The van der Waals surface area contributed by atoms with E-state index < -0.39 is 0 Å². The Labute approximate surface area is 55.6 Å². The molecule has 1 amide bonds. The van der Waals surface area contributed by atoms with Crippen LogP contribution in [0.3, 0.4) is 0 Å². The summed E-state index contributed by atoms with van der Waals surface area (Å²) in [4.78, 5) is 10.4. The second kappa shape index (κ2) is 3.45. The van der Waals surface area contributed by atoms with Gasteiger partial charge >= 0.3 is 0 Å². The van der Waals surface area contributed by atoms with Crippen LogP contribution in [0.5, 0.6) is 0 Å². The number of nitrogens with two attached hydrogens (primary N) is 1. The van der Waals surface area contributed by atoms with E-state index in [0.717, 1.165) is 19.4 Å². The molecule has 54 valence electrons. The van der Waals surface area contributed by atoms with Crippen molar-refractivity contribution >= 4 is 5.91 Å². The molecule has 0 aromatic carbocycles. The summed E-state index contributed by atoms with van der Waals surface area (Å²) < 4.78 is 0. The van der Waals surface area contributed by atoms with Crippen LogP contribution in [0, 0.1) is 0 Å². The summed E-state index contributed by atoms with van der Waals surface area (Å²) in [6.07, 6.45) is 1.99. The Kier molecular flexibility index (Phi) is 3.24. The molecule has 0 bridgehead atoms. The Morgan fingerprint density at radius 2 is 2.33 bits per heavy atom. The van der Waals surface area contributed by atoms with Crippen LogP contribution >= 0.6 is 0 Å². The number of rotatable bonds is 1. The van der Waals surface area contributed by atoms with E-state index in [0.29, 0.717) is 0 Å². The molecule has 3 nitrogen and oxygen atoms in total. The normalized spacial score (nSPS) is 25.1. The number of hydrogen-bond donors (Lipinski definition) is 2. The fraction of sp³-hybridized carbons (Fsp3) is 0.833. The third-order valence-electron chi connectivity index (χ3n) is 1.40. The average molecular weight is 130 g/mol. The minimum Gasteiger partial charge on any atom is -0.368 e. The number of primary amides is 1. The maximum absolute atomic E-state index is 10.4. The molecule has 0 aromatic rings. The Bertz CT molecular complexity index is 97.2. The van der Waals surface area contributed by atoms with Crippen LogP contribution in [0.2, 0.25) is 0 Å². The third kappa shape index (κ3) is 2.01. The van der Waals surface area contributed by atoms with Gasteiger partial charge in [-0.2, -0.15) is 0 Å². The fourth-order valence-corrected chi connectivity index (χ4v) is 0.927. The predicted octanol–water partition coefficient (Wildman–Crippen LogP) is -0.140. The molecule has 1 aliphatic rings. The molecule has 0 saturated carbocycles. The SMILES string of the molecule is C.NC(=O)[C@H]1CCCN1. The first-order valence-corrected chi connectivity index (χ1v) is 2.83. The van der Waals surface area contributed by atoms with Gasteiger partial charge in [0.25, 0.3) is 0 Å². The van der Waals surface area contributed by atoms with Crippen LogP contribution in [-0.4, -0.2) is 18.5 Å². The van der Waals surface area contributed by atoms with Gasteiger partial charge < -0.3 is 11.1 Å². The van der Waals surface area contributed by atoms with Crippen molar-refractivity contribution in [3.05, 3.63) is 0 Å². The molecular weight excluding hydrogens is 116 g/mol. The van der Waals surface area contributed by atoms with Crippen molar-refractivity contribution in [1.82, 2.24) is 5.32 Å². The Balaban J connectivity index is 0.000000640. The summed E-state index contributed by atoms with van der Waals surface area (Å²) in [6, 6.07) is -0.0463. The van der Waals surface area contributed by atoms with Gasteiger partial charge in [0, 0.05) is 0 Å². The molecule has 0 unspecified atom stereocenters. The van der Waals surface area contributed by atoms with Gasteiger partial charge in [-0.05, 0) is 19.4 Å². The topological polar surface area (TPSA) is 55.1 Å². The lowest BCUT2D eigenvalue weighted by Gasteiger charge is -2.01. The largest absolute Gasteiger partial charge is 0.368 e. The van der Waals surface area contributed by atoms with Crippen LogP contribution in [0.1, 0.15) is 20.3 Å². The molecule has 9 heavy (non-hydrogen) atoms. The maximum Gasteiger partial charge on any atom is 0.234 e. The number of nitrogens with one attached hydrogen (secondary N) is 1. The zero-order chi connectivity index (χ0) is 5.98. The van der Waals surface area contributed by atoms with Crippen molar-refractivity contribution in [1.29, 1.82) is 0 Å². The molecule has 1 aliphatic heterocycles. The van der Waals surface area contributed by atoms with Crippen LogP contribution < -0.4 is 11.1 Å². The zero-order valence-electron chi connectivity index (χ0n) is 4.68. The minimum absolute atomic E-state index is 0. The Hall–Kier alpha value is -0.570. The van der Waals surface area contributed by atoms with Gasteiger partial charge in [0.2, 0.25) is 5.91 Å². The third-order valence-corrected chi connectivity index (χ3v) is 1.40. The summed E-state index contributed by atoms with van der Waals surface area (Å²) in [5.74, 6) is -0.220. The summed E-state index contributed by atoms with van der Waals surface area (Å²) in [5, 5.41) is 2.98. The second-order valence-corrected chi connectivity index (χ2v) is 2.05. The van der Waals surface area contributed by atoms with E-state index in [1.807, 2.05) is 0 Å². The molecule has 1 fully saturated rings. The van der Waals surface area contributed by atoms with Crippen molar-refractivity contribution < 1.29 is 4.79 Å². The lowest BCUT2D eigenvalue weighted by Crippen LogP contribution is -2.36. The van der Waals surface area contributed by atoms with Crippen LogP contribution in [0.4, 0.5) is 0 Å². The van der Waals surface area contributed by atoms with E-state index >= 15 is 0 Å². The highest BCUT2D eigenvalue weighted by Crippen LogP contribution is 2.02. The number of hydrogen-bond acceptors (Lipinski definition) is 2. The molecule has 3 N–H and O–H groups in total. The van der Waals surface area contributed by atoms with E-state index in [1.165, 1.54) is 0 Å². The van der Waals surface area contributed by atoms with Gasteiger partial charge in [0.05, 0.1) is 6.04 Å². The fourth-order valence-electron chi connectivity index (χ4n) is 0.927. The number of carbonyl (C=O) groups is 1. The van der Waals surface area contributed by atoms with Crippen molar-refractivity contribution in [2.24, 2.45) is 5.73 Å². The lowest BCUT2D eigenvalue weighted by atomic mass is 10.2. The molecule has 0 spiro atoms. The number of carbonyl (C=O) groups excluding carboxylic acids is 1. The van der Waals surface area contributed by atoms with Gasteiger partial charge in [-0.1, -0.05) is 7.43 Å². The smallest absolute Gasteiger partial charge is 0.234 e. The zero-order valence-corrected chi connectivity index (χ0v) is 4.68. The van der Waals surface area contributed by atoms with Crippen LogP contribution in [0.25, 0.3) is 0 Å².